The number of fused-ring (bicyclic) bond motifs is 13. The number of aryl methyl sites for hydroxylation is 1. The van der Waals surface area contributed by atoms with Gasteiger partial charge in [0, 0.05) is 49.7 Å². The number of H-pyrrole nitrogens is 1. The van der Waals surface area contributed by atoms with Gasteiger partial charge in [-0.1, -0.05) is 148 Å². The van der Waals surface area contributed by atoms with Crippen molar-refractivity contribution in [2.45, 2.75) is 45.4 Å². The molecular weight excluding hydrogens is 675 g/mol. The molecule has 1 aliphatic heterocycles. The van der Waals surface area contributed by atoms with Gasteiger partial charge < -0.3 is 9.88 Å². The minimum Gasteiger partial charge on any atom is -0.354 e. The van der Waals surface area contributed by atoms with E-state index in [2.05, 4.69) is 197 Å². The minimum atomic E-state index is -0.0996. The highest BCUT2D eigenvalue weighted by Gasteiger charge is 2.40. The Kier molecular flexibility index (Phi) is 6.24. The first-order valence-corrected chi connectivity index (χ1v) is 19.9. The molecule has 0 amide bonds. The second-order valence-corrected chi connectivity index (χ2v) is 17.3. The normalized spacial score (nSPS) is 15.3. The Bertz CT molecular complexity index is 3200. The van der Waals surface area contributed by atoms with Crippen molar-refractivity contribution in [2.75, 3.05) is 4.90 Å². The molecule has 0 unspecified atom stereocenters. The van der Waals surface area contributed by atoms with Crippen molar-refractivity contribution in [3.63, 3.8) is 0 Å². The van der Waals surface area contributed by atoms with Gasteiger partial charge in [0.15, 0.2) is 7.28 Å². The predicted molar refractivity (Wildman–Crippen MR) is 238 cm³/mol. The number of anilines is 3. The van der Waals surface area contributed by atoms with Crippen LogP contribution in [-0.2, 0) is 10.8 Å². The number of aromatic amines is 1. The Morgan fingerprint density at radius 2 is 1.16 bits per heavy atom. The molecule has 2 heterocycles. The van der Waals surface area contributed by atoms with Crippen molar-refractivity contribution in [1.29, 1.82) is 0 Å². The van der Waals surface area contributed by atoms with Gasteiger partial charge in [-0.3, -0.25) is 0 Å². The van der Waals surface area contributed by atoms with Crippen LogP contribution in [0.5, 0.6) is 0 Å². The molecule has 0 bridgehead atoms. The van der Waals surface area contributed by atoms with E-state index in [9.17, 15) is 0 Å². The monoisotopic (exact) mass is 715 g/mol. The molecule has 265 valence electrons. The topological polar surface area (TPSA) is 19.0 Å². The van der Waals surface area contributed by atoms with Crippen molar-refractivity contribution in [3.8, 4) is 33.4 Å². The molecule has 0 fully saturated rings. The van der Waals surface area contributed by atoms with Crippen LogP contribution in [0, 0.1) is 6.92 Å². The molecule has 1 radical (unpaired) electrons. The SMILES string of the molecule is Cc1cc(-c2cccc3c2[nH]c2ccc4ccccc4c23)c2c(c1)N(c1ccc3c(c1)-c1ccccc1C3(C)C)c1cc3c(cc1[B]2)C(C)(C)c1ccccc1-3. The lowest BCUT2D eigenvalue weighted by Gasteiger charge is -2.36. The molecule has 3 aliphatic rings. The highest BCUT2D eigenvalue weighted by atomic mass is 15.1. The molecule has 8 aromatic carbocycles. The third-order valence-corrected chi connectivity index (χ3v) is 13.5. The minimum absolute atomic E-state index is 0.0561. The zero-order valence-corrected chi connectivity index (χ0v) is 32.4. The van der Waals surface area contributed by atoms with Gasteiger partial charge >= 0.3 is 0 Å². The summed E-state index contributed by atoms with van der Waals surface area (Å²) in [5.41, 5.74) is 22.9. The van der Waals surface area contributed by atoms with E-state index in [1.807, 2.05) is 0 Å². The summed E-state index contributed by atoms with van der Waals surface area (Å²) in [6.45, 7) is 11.7. The molecule has 0 saturated heterocycles. The quantitative estimate of drug-likeness (QED) is 0.177. The highest BCUT2D eigenvalue weighted by molar-refractivity contribution is 6.73. The van der Waals surface area contributed by atoms with Crippen LogP contribution >= 0.6 is 0 Å². The number of rotatable bonds is 2. The van der Waals surface area contributed by atoms with E-state index in [4.69, 9.17) is 0 Å². The third kappa shape index (κ3) is 4.13. The van der Waals surface area contributed by atoms with Gasteiger partial charge in [0.25, 0.3) is 0 Å². The lowest BCUT2D eigenvalue weighted by molar-refractivity contribution is 0.660. The average molecular weight is 716 g/mol. The molecule has 2 nitrogen and oxygen atoms in total. The van der Waals surface area contributed by atoms with E-state index >= 15 is 0 Å². The van der Waals surface area contributed by atoms with Crippen molar-refractivity contribution in [3.05, 3.63) is 173 Å². The summed E-state index contributed by atoms with van der Waals surface area (Å²) in [4.78, 5) is 6.46. The van der Waals surface area contributed by atoms with Crippen molar-refractivity contribution in [2.24, 2.45) is 0 Å². The fourth-order valence-electron chi connectivity index (χ4n) is 10.7. The summed E-state index contributed by atoms with van der Waals surface area (Å²) in [5, 5.41) is 5.09. The lowest BCUT2D eigenvalue weighted by Crippen LogP contribution is -2.41. The van der Waals surface area contributed by atoms with Crippen LogP contribution < -0.4 is 15.8 Å². The van der Waals surface area contributed by atoms with Crippen molar-refractivity contribution in [1.82, 2.24) is 4.98 Å². The number of nitrogens with zero attached hydrogens (tertiary/aromatic N) is 1. The van der Waals surface area contributed by atoms with Crippen LogP contribution in [0.4, 0.5) is 17.1 Å². The van der Waals surface area contributed by atoms with Gasteiger partial charge in [0.05, 0.1) is 5.52 Å². The van der Waals surface area contributed by atoms with Gasteiger partial charge in [0.1, 0.15) is 0 Å². The summed E-state index contributed by atoms with van der Waals surface area (Å²) >= 11 is 0. The Hall–Kier alpha value is -6.32. The first-order valence-electron chi connectivity index (χ1n) is 19.9. The number of benzene rings is 8. The maximum atomic E-state index is 3.90. The third-order valence-electron chi connectivity index (χ3n) is 13.5. The number of para-hydroxylation sites is 1. The van der Waals surface area contributed by atoms with E-state index in [-0.39, 0.29) is 10.8 Å². The van der Waals surface area contributed by atoms with E-state index < -0.39 is 0 Å². The molecule has 12 rings (SSSR count). The standard InChI is InChI=1S/C53H40BN2/c1-30-25-40(36-17-12-18-37-49-33-14-7-6-13-31(33)21-24-46(49)55-51(36)37)50-48(26-30)56(32-22-23-43-38(27-32)34-15-8-10-19-41(34)52(43,2)3)47-28-39-35-16-9-11-20-42(35)53(4,5)44(39)29-45(47)54-50/h6-29,55H,1-5H3. The molecule has 2 aliphatic carbocycles. The smallest absolute Gasteiger partial charge is 0.197 e. The summed E-state index contributed by atoms with van der Waals surface area (Å²) in [6, 6.07) is 55.0. The summed E-state index contributed by atoms with van der Waals surface area (Å²) in [6.07, 6.45) is 0. The van der Waals surface area contributed by atoms with E-state index in [0.717, 1.165) is 0 Å². The Balaban J connectivity index is 1.13. The Labute approximate surface area is 328 Å². The summed E-state index contributed by atoms with van der Waals surface area (Å²) in [7, 11) is 2.47. The number of nitrogens with one attached hydrogen (secondary N) is 1. The van der Waals surface area contributed by atoms with Crippen molar-refractivity contribution >= 4 is 67.8 Å². The Morgan fingerprint density at radius 3 is 1.96 bits per heavy atom. The van der Waals surface area contributed by atoms with E-state index in [1.54, 1.807) is 0 Å². The second kappa shape index (κ2) is 10.9. The molecule has 0 atom stereocenters. The zero-order valence-electron chi connectivity index (χ0n) is 32.4. The fourth-order valence-corrected chi connectivity index (χ4v) is 10.7. The van der Waals surface area contributed by atoms with Crippen LogP contribution in [0.3, 0.4) is 0 Å². The van der Waals surface area contributed by atoms with Crippen LogP contribution in [0.2, 0.25) is 0 Å². The molecule has 0 spiro atoms. The first-order chi connectivity index (χ1) is 27.2. The molecule has 1 N–H and O–H groups in total. The van der Waals surface area contributed by atoms with E-state index in [1.165, 1.54) is 122 Å². The number of hydrogen-bond donors (Lipinski definition) is 1. The van der Waals surface area contributed by atoms with Crippen LogP contribution in [0.15, 0.2) is 146 Å². The molecule has 0 saturated carbocycles. The van der Waals surface area contributed by atoms with Gasteiger partial charge in [-0.05, 0) is 109 Å². The van der Waals surface area contributed by atoms with Gasteiger partial charge in [-0.25, -0.2) is 0 Å². The maximum absolute atomic E-state index is 3.90. The van der Waals surface area contributed by atoms with Crippen molar-refractivity contribution < 1.29 is 0 Å². The zero-order chi connectivity index (χ0) is 37.7. The molecule has 9 aromatic rings. The van der Waals surface area contributed by atoms with Gasteiger partial charge in [-0.2, -0.15) is 0 Å². The van der Waals surface area contributed by atoms with Gasteiger partial charge in [0.2, 0.25) is 0 Å². The van der Waals surface area contributed by atoms with Crippen LogP contribution in [-0.4, -0.2) is 12.3 Å². The van der Waals surface area contributed by atoms with Crippen LogP contribution in [0.1, 0.15) is 55.5 Å². The average Bonchev–Trinajstić information content (AvgIpc) is 3.79. The van der Waals surface area contributed by atoms with Crippen LogP contribution in [0.25, 0.3) is 66.0 Å². The molecular formula is C53H40BN2. The molecule has 1 aromatic heterocycles. The maximum Gasteiger partial charge on any atom is 0.197 e. The fraction of sp³-hybridized carbons (Fsp3) is 0.132. The first kappa shape index (κ1) is 32.0. The summed E-state index contributed by atoms with van der Waals surface area (Å²) < 4.78 is 0. The Morgan fingerprint density at radius 1 is 0.500 bits per heavy atom. The largest absolute Gasteiger partial charge is 0.354 e. The second-order valence-electron chi connectivity index (χ2n) is 17.3. The summed E-state index contributed by atoms with van der Waals surface area (Å²) in [5.74, 6) is 0. The molecule has 56 heavy (non-hydrogen) atoms. The molecule has 3 heteroatoms. The van der Waals surface area contributed by atoms with Gasteiger partial charge in [-0.15, -0.1) is 0 Å². The number of aromatic nitrogens is 1. The lowest BCUT2D eigenvalue weighted by atomic mass is 9.57. The van der Waals surface area contributed by atoms with E-state index in [0.29, 0.717) is 0 Å². The predicted octanol–water partition coefficient (Wildman–Crippen LogP) is 12.5. The highest BCUT2D eigenvalue weighted by Crippen LogP contribution is 2.53. The number of hydrogen-bond acceptors (Lipinski definition) is 1.